The van der Waals surface area contributed by atoms with Crippen LogP contribution in [0.25, 0.3) is 0 Å². The van der Waals surface area contributed by atoms with Gasteiger partial charge in [-0.25, -0.2) is 4.98 Å². The third-order valence-electron chi connectivity index (χ3n) is 3.11. The fourth-order valence-electron chi connectivity index (χ4n) is 2.24. The highest BCUT2D eigenvalue weighted by Crippen LogP contribution is 2.35. The van der Waals surface area contributed by atoms with Gasteiger partial charge < -0.3 is 15.2 Å². The molecule has 2 unspecified atom stereocenters. The van der Waals surface area contributed by atoms with E-state index >= 15 is 0 Å². The van der Waals surface area contributed by atoms with Crippen molar-refractivity contribution in [2.75, 3.05) is 19.8 Å². The Labute approximate surface area is 98.8 Å². The fraction of sp³-hybridized carbons (Fsp3) is 0.727. The van der Waals surface area contributed by atoms with Crippen LogP contribution >= 0.6 is 11.3 Å². The lowest BCUT2D eigenvalue weighted by atomic mass is 9.99. The monoisotopic (exact) mass is 240 g/mol. The first kappa shape index (κ1) is 10.7. The minimum Gasteiger partial charge on any atom is -0.376 e. The molecule has 0 aromatic carbocycles. The zero-order chi connectivity index (χ0) is 11.0. The van der Waals surface area contributed by atoms with Gasteiger partial charge in [-0.05, 0) is 19.3 Å². The molecule has 2 N–H and O–H groups in total. The molecule has 0 radical (unpaired) electrons. The predicted octanol–water partition coefficient (Wildman–Crippen LogP) is 1.57. The number of ether oxygens (including phenoxy) is 2. The van der Waals surface area contributed by atoms with Gasteiger partial charge in [0.05, 0.1) is 25.5 Å². The number of hydrogen-bond acceptors (Lipinski definition) is 5. The van der Waals surface area contributed by atoms with Crippen molar-refractivity contribution >= 4 is 11.3 Å². The van der Waals surface area contributed by atoms with E-state index in [4.69, 9.17) is 15.2 Å². The van der Waals surface area contributed by atoms with E-state index in [1.54, 1.807) is 11.3 Å². The summed E-state index contributed by atoms with van der Waals surface area (Å²) in [6.07, 6.45) is 3.38. The molecule has 5 heteroatoms. The Kier molecular flexibility index (Phi) is 2.93. The molecule has 0 bridgehead atoms. The largest absolute Gasteiger partial charge is 0.376 e. The molecule has 16 heavy (non-hydrogen) atoms. The zero-order valence-electron chi connectivity index (χ0n) is 9.15. The van der Waals surface area contributed by atoms with Crippen LogP contribution in [0.1, 0.15) is 40.6 Å². The molecule has 2 aliphatic rings. The van der Waals surface area contributed by atoms with Gasteiger partial charge in [0.15, 0.2) is 0 Å². The van der Waals surface area contributed by atoms with Gasteiger partial charge in [0.25, 0.3) is 0 Å². The predicted molar refractivity (Wildman–Crippen MR) is 61.5 cm³/mol. The molecule has 4 nitrogen and oxygen atoms in total. The highest BCUT2D eigenvalue weighted by Gasteiger charge is 2.26. The lowest BCUT2D eigenvalue weighted by Crippen LogP contribution is -2.22. The maximum absolute atomic E-state index is 6.06. The summed E-state index contributed by atoms with van der Waals surface area (Å²) in [4.78, 5) is 5.99. The van der Waals surface area contributed by atoms with Crippen molar-refractivity contribution in [2.24, 2.45) is 5.73 Å². The smallest absolute Gasteiger partial charge is 0.132 e. The maximum Gasteiger partial charge on any atom is 0.132 e. The first-order chi connectivity index (χ1) is 7.84. The van der Waals surface area contributed by atoms with Crippen LogP contribution in [0.3, 0.4) is 0 Å². The Morgan fingerprint density at radius 2 is 2.31 bits per heavy atom. The summed E-state index contributed by atoms with van der Waals surface area (Å²) in [6.45, 7) is 1.99. The molecule has 0 amide bonds. The van der Waals surface area contributed by atoms with Crippen LogP contribution in [-0.4, -0.2) is 24.8 Å². The number of aromatic nitrogens is 1. The second-order valence-corrected chi connectivity index (χ2v) is 5.41. The number of hydrogen-bond donors (Lipinski definition) is 1. The summed E-state index contributed by atoms with van der Waals surface area (Å²) in [7, 11) is 0. The lowest BCUT2D eigenvalue weighted by Gasteiger charge is -2.20. The average molecular weight is 240 g/mol. The molecule has 1 saturated heterocycles. The number of rotatable bonds is 1. The molecule has 0 saturated carbocycles. The molecule has 1 aliphatic carbocycles. The first-order valence-electron chi connectivity index (χ1n) is 5.79. The van der Waals surface area contributed by atoms with Gasteiger partial charge in [0, 0.05) is 10.9 Å². The highest BCUT2D eigenvalue weighted by atomic mass is 32.1. The summed E-state index contributed by atoms with van der Waals surface area (Å²) in [6, 6.07) is 0.123. The minimum absolute atomic E-state index is 0.0246. The average Bonchev–Trinajstić information content (AvgIpc) is 2.76. The normalized spacial score (nSPS) is 30.1. The van der Waals surface area contributed by atoms with E-state index in [2.05, 4.69) is 4.98 Å². The molecule has 1 fully saturated rings. The van der Waals surface area contributed by atoms with Crippen LogP contribution in [0.5, 0.6) is 0 Å². The summed E-state index contributed by atoms with van der Waals surface area (Å²) < 4.78 is 11.1. The van der Waals surface area contributed by atoms with Crippen LogP contribution in [0, 0.1) is 0 Å². The maximum atomic E-state index is 6.06. The quantitative estimate of drug-likeness (QED) is 0.809. The van der Waals surface area contributed by atoms with E-state index in [0.29, 0.717) is 19.8 Å². The van der Waals surface area contributed by atoms with Crippen molar-refractivity contribution in [3.8, 4) is 0 Å². The molecule has 0 spiro atoms. The van der Waals surface area contributed by atoms with Crippen LogP contribution < -0.4 is 5.73 Å². The summed E-state index contributed by atoms with van der Waals surface area (Å²) in [5.74, 6) is 0. The van der Waals surface area contributed by atoms with Gasteiger partial charge in [-0.1, -0.05) is 0 Å². The highest BCUT2D eigenvalue weighted by molar-refractivity contribution is 7.11. The van der Waals surface area contributed by atoms with Crippen LogP contribution in [-0.2, 0) is 15.9 Å². The third kappa shape index (κ3) is 1.88. The van der Waals surface area contributed by atoms with Gasteiger partial charge >= 0.3 is 0 Å². The molecule has 3 rings (SSSR count). The molecule has 2 heterocycles. The second kappa shape index (κ2) is 4.41. The summed E-state index contributed by atoms with van der Waals surface area (Å²) in [5.41, 5.74) is 7.16. The van der Waals surface area contributed by atoms with Crippen molar-refractivity contribution in [2.45, 2.75) is 31.4 Å². The van der Waals surface area contributed by atoms with Crippen LogP contribution in [0.2, 0.25) is 0 Å². The Morgan fingerprint density at radius 3 is 3.06 bits per heavy atom. The van der Waals surface area contributed by atoms with Crippen LogP contribution in [0.15, 0.2) is 0 Å². The topological polar surface area (TPSA) is 57.4 Å². The number of aryl methyl sites for hydroxylation is 1. The molecular weight excluding hydrogens is 224 g/mol. The minimum atomic E-state index is 0.0246. The van der Waals surface area contributed by atoms with E-state index < -0.39 is 0 Å². The second-order valence-electron chi connectivity index (χ2n) is 4.29. The molecule has 1 aromatic rings. The number of thiazole rings is 1. The van der Waals surface area contributed by atoms with Crippen molar-refractivity contribution in [3.63, 3.8) is 0 Å². The Hall–Kier alpha value is -0.490. The van der Waals surface area contributed by atoms with Gasteiger partial charge in [0.2, 0.25) is 0 Å². The molecule has 2 atom stereocenters. The zero-order valence-corrected chi connectivity index (χ0v) is 9.96. The van der Waals surface area contributed by atoms with Gasteiger partial charge in [-0.3, -0.25) is 0 Å². The third-order valence-corrected chi connectivity index (χ3v) is 4.33. The fourth-order valence-corrected chi connectivity index (χ4v) is 3.45. The number of nitrogens with two attached hydrogens (primary N) is 1. The number of fused-ring (bicyclic) bond motifs is 1. The van der Waals surface area contributed by atoms with E-state index in [-0.39, 0.29) is 12.1 Å². The van der Waals surface area contributed by atoms with Crippen molar-refractivity contribution in [1.82, 2.24) is 4.98 Å². The van der Waals surface area contributed by atoms with E-state index in [0.717, 1.165) is 23.5 Å². The van der Waals surface area contributed by atoms with Crippen LogP contribution in [0.4, 0.5) is 0 Å². The molecule has 1 aliphatic heterocycles. The van der Waals surface area contributed by atoms with Gasteiger partial charge in [-0.15, -0.1) is 11.3 Å². The van der Waals surface area contributed by atoms with E-state index in [1.165, 1.54) is 11.3 Å². The van der Waals surface area contributed by atoms with Gasteiger partial charge in [-0.2, -0.15) is 0 Å². The Balaban J connectivity index is 1.85. The summed E-state index contributed by atoms with van der Waals surface area (Å²) in [5, 5.41) is 1.04. The molecule has 1 aromatic heterocycles. The molecule has 88 valence electrons. The SMILES string of the molecule is NC1CCCc2sc(C3COCCO3)nc21. The van der Waals surface area contributed by atoms with E-state index in [1.807, 2.05) is 0 Å². The first-order valence-corrected chi connectivity index (χ1v) is 6.60. The Bertz CT molecular complexity index is 374. The van der Waals surface area contributed by atoms with Gasteiger partial charge in [0.1, 0.15) is 11.1 Å². The standard InChI is InChI=1S/C11H16N2O2S/c12-7-2-1-3-9-10(7)13-11(16-9)8-6-14-4-5-15-8/h7-8H,1-6,12H2. The molecular formula is C11H16N2O2S. The van der Waals surface area contributed by atoms with Crippen molar-refractivity contribution < 1.29 is 9.47 Å². The van der Waals surface area contributed by atoms with E-state index in [9.17, 15) is 0 Å². The Morgan fingerprint density at radius 1 is 1.38 bits per heavy atom. The lowest BCUT2D eigenvalue weighted by molar-refractivity contribution is -0.0902. The summed E-state index contributed by atoms with van der Waals surface area (Å²) >= 11 is 1.75. The van der Waals surface area contributed by atoms with Crippen molar-refractivity contribution in [1.29, 1.82) is 0 Å². The number of nitrogens with zero attached hydrogens (tertiary/aromatic N) is 1. The van der Waals surface area contributed by atoms with Crippen molar-refractivity contribution in [3.05, 3.63) is 15.6 Å².